The van der Waals surface area contributed by atoms with E-state index in [1.54, 1.807) is 0 Å². The molecule has 2 aromatic rings. The molecule has 292 valence electrons. The topological polar surface area (TPSA) is 211 Å². The van der Waals surface area contributed by atoms with Crippen LogP contribution in [0.2, 0.25) is 0 Å². The Bertz CT molecular complexity index is 1530. The van der Waals surface area contributed by atoms with Gasteiger partial charge in [-0.25, -0.2) is 4.79 Å². The summed E-state index contributed by atoms with van der Waals surface area (Å²) in [7, 11) is 1.42. The van der Waals surface area contributed by atoms with Gasteiger partial charge in [-0.05, 0) is 67.6 Å². The number of likely N-dealkylation sites (N-methyl/N-ethyl adjacent to an activating group) is 1. The van der Waals surface area contributed by atoms with Crippen LogP contribution in [-0.2, 0) is 30.4 Å². The first-order valence-electron chi connectivity index (χ1n) is 19.2. The summed E-state index contributed by atoms with van der Waals surface area (Å²) in [6, 6.07) is 5.01. The number of carboxylic acid groups (broad SMARTS) is 1. The van der Waals surface area contributed by atoms with Crippen LogP contribution in [0.15, 0.2) is 36.4 Å². The van der Waals surface area contributed by atoms with Gasteiger partial charge in [-0.1, -0.05) is 83.3 Å². The molecular formula is C40H59N5O8. The highest BCUT2D eigenvalue weighted by atomic mass is 16.4. The van der Waals surface area contributed by atoms with Gasteiger partial charge in [0.1, 0.15) is 29.6 Å². The Morgan fingerprint density at radius 3 is 2.09 bits per heavy atom. The Kier molecular flexibility index (Phi) is 18.1. The Morgan fingerprint density at radius 2 is 1.47 bits per heavy atom. The summed E-state index contributed by atoms with van der Waals surface area (Å²) in [6.45, 7) is 2.05. The van der Waals surface area contributed by atoms with Gasteiger partial charge in [-0.3, -0.25) is 19.2 Å². The largest absolute Gasteiger partial charge is 0.507 e. The van der Waals surface area contributed by atoms with Crippen LogP contribution in [0.5, 0.6) is 11.5 Å². The van der Waals surface area contributed by atoms with Crippen LogP contribution < -0.4 is 21.7 Å². The van der Waals surface area contributed by atoms with Crippen molar-refractivity contribution >= 4 is 29.6 Å². The van der Waals surface area contributed by atoms with Crippen LogP contribution in [0, 0.1) is 0 Å². The number of aromatic hydroxyl groups is 2. The van der Waals surface area contributed by atoms with Gasteiger partial charge >= 0.3 is 5.97 Å². The van der Waals surface area contributed by atoms with E-state index >= 15 is 0 Å². The molecule has 13 heteroatoms. The highest BCUT2D eigenvalue weighted by molar-refractivity contribution is 5.95. The van der Waals surface area contributed by atoms with Crippen molar-refractivity contribution in [2.24, 2.45) is 5.73 Å². The second-order valence-corrected chi connectivity index (χ2v) is 14.1. The Balaban J connectivity index is 1.80. The molecule has 1 heterocycles. The van der Waals surface area contributed by atoms with Crippen molar-refractivity contribution in [2.45, 2.75) is 128 Å². The van der Waals surface area contributed by atoms with E-state index < -0.39 is 48.4 Å². The maximum atomic E-state index is 14.2. The predicted molar refractivity (Wildman–Crippen MR) is 203 cm³/mol. The lowest BCUT2D eigenvalue weighted by molar-refractivity contribution is -0.143. The lowest BCUT2D eigenvalue weighted by atomic mass is 9.94. The van der Waals surface area contributed by atoms with Crippen LogP contribution in [0.3, 0.4) is 0 Å². The zero-order valence-corrected chi connectivity index (χ0v) is 31.3. The fourth-order valence-corrected chi connectivity index (χ4v) is 6.70. The van der Waals surface area contributed by atoms with E-state index in [-0.39, 0.29) is 46.9 Å². The molecule has 0 aromatic heterocycles. The number of benzene rings is 2. The minimum atomic E-state index is -1.34. The lowest BCUT2D eigenvalue weighted by Crippen LogP contribution is -2.52. The van der Waals surface area contributed by atoms with Crippen molar-refractivity contribution in [3.05, 3.63) is 47.5 Å². The van der Waals surface area contributed by atoms with E-state index in [1.165, 1.54) is 93.3 Å². The van der Waals surface area contributed by atoms with Crippen LogP contribution >= 0.6 is 0 Å². The van der Waals surface area contributed by atoms with Gasteiger partial charge in [0, 0.05) is 31.0 Å². The molecule has 3 atom stereocenters. The standard InChI is InChI=1S/C40H59N5O8/c1-3-4-5-6-7-8-9-10-11-12-13-17-35(48)43-31(16-14-15-22-41)39(51)45(2)37-28-19-21-34(47)30(25-28)29-23-27(18-20-33(29)46)24-32(40(52)53)44-36(49)26-42-38(37)50/h18-21,23,25,31-32,37,46-47H,3-17,22,24,26,41H2,1-2H3,(H,42,50)(H,43,48)(H,44,49)(H,52,53). The summed E-state index contributed by atoms with van der Waals surface area (Å²) in [5.41, 5.74) is 6.76. The number of carbonyl (C=O) groups excluding carboxylic acids is 4. The molecular weight excluding hydrogens is 678 g/mol. The minimum absolute atomic E-state index is 0.126. The summed E-state index contributed by atoms with van der Waals surface area (Å²) in [5.74, 6) is -4.04. The highest BCUT2D eigenvalue weighted by Crippen LogP contribution is 2.38. The Morgan fingerprint density at radius 1 is 0.868 bits per heavy atom. The molecule has 0 aliphatic carbocycles. The summed E-state index contributed by atoms with van der Waals surface area (Å²) < 4.78 is 0. The van der Waals surface area contributed by atoms with Crippen LogP contribution in [-0.4, -0.2) is 82.0 Å². The number of nitrogens with one attached hydrogen (secondary N) is 3. The zero-order chi connectivity index (χ0) is 38.8. The number of hydrogen-bond acceptors (Lipinski definition) is 8. The molecule has 3 unspecified atom stereocenters. The summed E-state index contributed by atoms with van der Waals surface area (Å²) in [5, 5.41) is 39.2. The van der Waals surface area contributed by atoms with Gasteiger partial charge < -0.3 is 41.9 Å². The molecule has 0 saturated heterocycles. The van der Waals surface area contributed by atoms with E-state index in [0.717, 1.165) is 19.3 Å². The quantitative estimate of drug-likeness (QED) is 0.0928. The molecule has 2 aromatic carbocycles. The third-order valence-corrected chi connectivity index (χ3v) is 9.75. The predicted octanol–water partition coefficient (Wildman–Crippen LogP) is 4.82. The van der Waals surface area contributed by atoms with Crippen molar-refractivity contribution in [3.63, 3.8) is 0 Å². The number of carbonyl (C=O) groups is 5. The molecule has 4 bridgehead atoms. The van der Waals surface area contributed by atoms with Gasteiger partial charge in [0.2, 0.25) is 23.6 Å². The lowest BCUT2D eigenvalue weighted by Gasteiger charge is -2.32. The second-order valence-electron chi connectivity index (χ2n) is 14.1. The number of rotatable bonds is 20. The van der Waals surface area contributed by atoms with Crippen molar-refractivity contribution in [1.82, 2.24) is 20.9 Å². The molecule has 4 amide bonds. The number of nitrogens with zero attached hydrogens (tertiary/aromatic N) is 1. The molecule has 53 heavy (non-hydrogen) atoms. The Hall–Kier alpha value is -4.65. The summed E-state index contributed by atoms with van der Waals surface area (Å²) in [6.07, 6.45) is 14.3. The molecule has 3 rings (SSSR count). The van der Waals surface area contributed by atoms with Crippen LogP contribution in [0.25, 0.3) is 11.1 Å². The van der Waals surface area contributed by atoms with E-state index in [4.69, 9.17) is 5.73 Å². The first kappa shape index (κ1) is 42.8. The second kappa shape index (κ2) is 22.4. The monoisotopic (exact) mass is 737 g/mol. The number of carboxylic acids is 1. The first-order valence-corrected chi connectivity index (χ1v) is 19.2. The van der Waals surface area contributed by atoms with Crippen molar-refractivity contribution < 1.29 is 39.3 Å². The zero-order valence-electron chi connectivity index (χ0n) is 31.3. The van der Waals surface area contributed by atoms with Crippen LogP contribution in [0.4, 0.5) is 0 Å². The fourth-order valence-electron chi connectivity index (χ4n) is 6.70. The molecule has 13 nitrogen and oxygen atoms in total. The number of unbranched alkanes of at least 4 members (excludes halogenated alkanes) is 11. The number of aliphatic carboxylic acids is 1. The molecule has 0 fully saturated rings. The SMILES string of the molecule is CCCCCCCCCCCCCC(=O)NC(CCCCN)C(=O)N(C)C1C(=O)NCC(=O)NC(C(=O)O)Cc2ccc(O)c(c2)-c2cc1ccc2O. The van der Waals surface area contributed by atoms with Crippen LogP contribution in [0.1, 0.15) is 120 Å². The van der Waals surface area contributed by atoms with E-state index in [9.17, 15) is 39.3 Å². The number of phenolic OH excluding ortho intramolecular Hbond substituents is 2. The summed E-state index contributed by atoms with van der Waals surface area (Å²) in [4.78, 5) is 67.1. The number of hydrogen-bond donors (Lipinski definition) is 7. The number of amides is 4. The molecule has 0 saturated carbocycles. The highest BCUT2D eigenvalue weighted by Gasteiger charge is 2.34. The number of fused-ring (bicyclic) bond motifs is 5. The third kappa shape index (κ3) is 13.7. The molecule has 0 spiro atoms. The van der Waals surface area contributed by atoms with Gasteiger partial charge in [0.05, 0.1) is 6.54 Å². The van der Waals surface area contributed by atoms with Crippen molar-refractivity contribution in [3.8, 4) is 22.6 Å². The van der Waals surface area contributed by atoms with Gasteiger partial charge in [0.15, 0.2) is 0 Å². The average Bonchev–Trinajstić information content (AvgIpc) is 3.13. The maximum absolute atomic E-state index is 14.2. The van der Waals surface area contributed by atoms with Gasteiger partial charge in [0.25, 0.3) is 0 Å². The van der Waals surface area contributed by atoms with Gasteiger partial charge in [-0.2, -0.15) is 0 Å². The van der Waals surface area contributed by atoms with E-state index in [1.807, 2.05) is 0 Å². The number of phenols is 2. The minimum Gasteiger partial charge on any atom is -0.507 e. The van der Waals surface area contributed by atoms with Crippen molar-refractivity contribution in [1.29, 1.82) is 0 Å². The molecule has 8 N–H and O–H groups in total. The molecule has 1 aliphatic rings. The Labute approximate surface area is 313 Å². The number of nitrogens with two attached hydrogens (primary N) is 1. The average molecular weight is 738 g/mol. The van der Waals surface area contributed by atoms with E-state index in [2.05, 4.69) is 22.9 Å². The third-order valence-electron chi connectivity index (χ3n) is 9.75. The fraction of sp³-hybridized carbons (Fsp3) is 0.575. The maximum Gasteiger partial charge on any atom is 0.326 e. The summed E-state index contributed by atoms with van der Waals surface area (Å²) >= 11 is 0. The van der Waals surface area contributed by atoms with Gasteiger partial charge in [-0.15, -0.1) is 0 Å². The smallest absolute Gasteiger partial charge is 0.326 e. The van der Waals surface area contributed by atoms with E-state index in [0.29, 0.717) is 37.8 Å². The molecule has 0 radical (unpaired) electrons. The first-order chi connectivity index (χ1) is 25.5. The van der Waals surface area contributed by atoms with Crippen molar-refractivity contribution in [2.75, 3.05) is 20.1 Å². The molecule has 1 aliphatic heterocycles. The normalized spacial score (nSPS) is 16.5.